The third-order valence-electron chi connectivity index (χ3n) is 6.79. The molecule has 4 rings (SSSR count). The first-order chi connectivity index (χ1) is 17.0. The van der Waals surface area contributed by atoms with E-state index in [0.717, 1.165) is 36.2 Å². The number of piperidine rings is 1. The number of hydrogen-bond donors (Lipinski definition) is 2. The Hall–Kier alpha value is -2.32. The van der Waals surface area contributed by atoms with Crippen LogP contribution in [0.3, 0.4) is 0 Å². The topological polar surface area (TPSA) is 82.9 Å². The van der Waals surface area contributed by atoms with Crippen molar-refractivity contribution in [1.29, 1.82) is 0 Å². The van der Waals surface area contributed by atoms with Gasteiger partial charge >= 0.3 is 5.97 Å². The smallest absolute Gasteiger partial charge is 0.308 e. The number of carbonyl (C=O) groups is 1. The van der Waals surface area contributed by atoms with Crippen molar-refractivity contribution >= 4 is 40.2 Å². The molecule has 2 heterocycles. The maximum absolute atomic E-state index is 12.1. The number of benzene rings is 2. The summed E-state index contributed by atoms with van der Waals surface area (Å²) in [6.45, 7) is 2.27. The van der Waals surface area contributed by atoms with Crippen LogP contribution in [0.25, 0.3) is 10.9 Å². The fraction of sp³-hybridized carbons (Fsp3) is 0.407. The second-order valence-electron chi connectivity index (χ2n) is 8.95. The molecule has 1 saturated heterocycles. The number of hydrogen-bond acceptors (Lipinski definition) is 6. The highest BCUT2D eigenvalue weighted by Gasteiger charge is 2.34. The van der Waals surface area contributed by atoms with E-state index in [9.17, 15) is 15.0 Å². The Kier molecular flexibility index (Phi) is 8.89. The Morgan fingerprint density at radius 3 is 2.83 bits per heavy atom. The highest BCUT2D eigenvalue weighted by molar-refractivity contribution is 7.99. The molecule has 6 nitrogen and oxygen atoms in total. The first-order valence-electron chi connectivity index (χ1n) is 11.9. The number of ether oxygens (including phenoxy) is 1. The second kappa shape index (κ2) is 12.1. The van der Waals surface area contributed by atoms with Crippen LogP contribution >= 0.6 is 23.4 Å². The molecule has 0 bridgehead atoms. The zero-order valence-corrected chi connectivity index (χ0v) is 21.3. The van der Waals surface area contributed by atoms with E-state index in [1.807, 2.05) is 36.4 Å². The van der Waals surface area contributed by atoms with Crippen molar-refractivity contribution in [2.45, 2.75) is 30.3 Å². The number of halogens is 1. The summed E-state index contributed by atoms with van der Waals surface area (Å²) in [5, 5.41) is 22.2. The van der Waals surface area contributed by atoms with E-state index in [-0.39, 0.29) is 5.92 Å². The molecule has 35 heavy (non-hydrogen) atoms. The lowest BCUT2D eigenvalue weighted by Crippen LogP contribution is -2.44. The summed E-state index contributed by atoms with van der Waals surface area (Å²) in [4.78, 5) is 19.9. The van der Waals surface area contributed by atoms with Gasteiger partial charge in [-0.15, -0.1) is 11.8 Å². The molecule has 2 N–H and O–H groups in total. The Labute approximate surface area is 215 Å². The molecule has 1 aliphatic rings. The van der Waals surface area contributed by atoms with Gasteiger partial charge in [0.05, 0.1) is 29.7 Å². The van der Waals surface area contributed by atoms with E-state index in [4.69, 9.17) is 16.3 Å². The summed E-state index contributed by atoms with van der Waals surface area (Å²) < 4.78 is 5.33. The van der Waals surface area contributed by atoms with Gasteiger partial charge in [-0.1, -0.05) is 29.8 Å². The summed E-state index contributed by atoms with van der Waals surface area (Å²) >= 11 is 8.23. The van der Waals surface area contributed by atoms with E-state index in [0.29, 0.717) is 35.7 Å². The van der Waals surface area contributed by atoms with Gasteiger partial charge in [0.15, 0.2) is 0 Å². The van der Waals surface area contributed by atoms with Crippen molar-refractivity contribution in [2.75, 3.05) is 32.5 Å². The van der Waals surface area contributed by atoms with Crippen LogP contribution in [-0.2, 0) is 4.79 Å². The quantitative estimate of drug-likeness (QED) is 0.344. The van der Waals surface area contributed by atoms with Crippen LogP contribution in [0, 0.1) is 11.8 Å². The summed E-state index contributed by atoms with van der Waals surface area (Å²) in [6.07, 6.45) is 2.61. The lowest BCUT2D eigenvalue weighted by atomic mass is 9.81. The van der Waals surface area contributed by atoms with E-state index in [1.165, 1.54) is 4.90 Å². The molecular weight excluding hydrogens is 484 g/mol. The summed E-state index contributed by atoms with van der Waals surface area (Å²) in [7, 11) is 1.59. The maximum Gasteiger partial charge on any atom is 0.308 e. The Balaban J connectivity index is 1.37. The summed E-state index contributed by atoms with van der Waals surface area (Å²) in [6, 6.07) is 15.7. The first kappa shape index (κ1) is 25.8. The van der Waals surface area contributed by atoms with Gasteiger partial charge in [-0.25, -0.2) is 0 Å². The molecule has 0 aliphatic carbocycles. The number of thioether (sulfide) groups is 1. The van der Waals surface area contributed by atoms with Gasteiger partial charge in [0, 0.05) is 40.9 Å². The van der Waals surface area contributed by atoms with Crippen LogP contribution in [0.4, 0.5) is 0 Å². The van der Waals surface area contributed by atoms with Gasteiger partial charge in [-0.05, 0) is 62.1 Å². The van der Waals surface area contributed by atoms with Crippen molar-refractivity contribution in [2.24, 2.45) is 11.8 Å². The van der Waals surface area contributed by atoms with Gasteiger partial charge in [0.2, 0.25) is 0 Å². The third-order valence-corrected chi connectivity index (χ3v) is 8.08. The van der Waals surface area contributed by atoms with E-state index in [2.05, 4.69) is 22.0 Å². The molecule has 8 heteroatoms. The zero-order chi connectivity index (χ0) is 24.8. The number of methoxy groups -OCH3 is 1. The molecule has 1 aliphatic heterocycles. The minimum atomic E-state index is -0.810. The van der Waals surface area contributed by atoms with Crippen LogP contribution in [-0.4, -0.2) is 58.6 Å². The van der Waals surface area contributed by atoms with Crippen molar-refractivity contribution < 1.29 is 19.7 Å². The van der Waals surface area contributed by atoms with E-state index >= 15 is 0 Å². The first-order valence-corrected chi connectivity index (χ1v) is 13.3. The lowest BCUT2D eigenvalue weighted by molar-refractivity contribution is -0.146. The van der Waals surface area contributed by atoms with Gasteiger partial charge in [-0.2, -0.15) is 0 Å². The Bertz CT molecular complexity index is 1150. The monoisotopic (exact) mass is 514 g/mol. The standard InChI is InChI=1S/C27H31ClN2O4S/c1-34-19-8-9-24-21(15-19)26(23(28)16-29-24)25(31)10-7-18-11-12-30(17-22(18)27(32)33)13-14-35-20-5-3-2-4-6-20/h2-6,8-9,15-16,18,22,25,31H,7,10-14,17H2,1H3,(H,32,33). The lowest BCUT2D eigenvalue weighted by Gasteiger charge is -2.37. The minimum absolute atomic E-state index is 0.0154. The SMILES string of the molecule is COc1ccc2ncc(Cl)c(C(O)CCC3CCN(CCSc4ccccc4)CC3C(=O)O)c2c1. The predicted molar refractivity (Wildman–Crippen MR) is 140 cm³/mol. The average Bonchev–Trinajstić information content (AvgIpc) is 2.87. The number of aliphatic hydroxyl groups excluding tert-OH is 1. The molecule has 3 unspecified atom stereocenters. The number of rotatable bonds is 10. The highest BCUT2D eigenvalue weighted by atomic mass is 35.5. The van der Waals surface area contributed by atoms with Gasteiger partial charge in [0.25, 0.3) is 0 Å². The summed E-state index contributed by atoms with van der Waals surface area (Å²) in [5.74, 6) is 0.404. The van der Waals surface area contributed by atoms with Crippen LogP contribution < -0.4 is 4.74 Å². The fourth-order valence-corrected chi connectivity index (χ4v) is 6.07. The summed E-state index contributed by atoms with van der Waals surface area (Å²) in [5.41, 5.74) is 1.35. The number of nitrogens with zero attached hydrogens (tertiary/aromatic N) is 2. The number of carboxylic acid groups (broad SMARTS) is 1. The van der Waals surface area contributed by atoms with Gasteiger partial charge < -0.3 is 19.8 Å². The zero-order valence-electron chi connectivity index (χ0n) is 19.8. The average molecular weight is 515 g/mol. The number of fused-ring (bicyclic) bond motifs is 1. The Morgan fingerprint density at radius 2 is 2.09 bits per heavy atom. The van der Waals surface area contributed by atoms with Crippen molar-refractivity contribution in [3.63, 3.8) is 0 Å². The number of aromatic nitrogens is 1. The van der Waals surface area contributed by atoms with Crippen molar-refractivity contribution in [1.82, 2.24) is 9.88 Å². The fourth-order valence-electron chi connectivity index (χ4n) is 4.86. The molecule has 1 fully saturated rings. The second-order valence-corrected chi connectivity index (χ2v) is 10.5. The molecule has 3 atom stereocenters. The number of pyridine rings is 1. The molecule has 3 aromatic rings. The normalized spacial score (nSPS) is 19.5. The van der Waals surface area contributed by atoms with Crippen LogP contribution in [0.1, 0.15) is 30.9 Å². The molecule has 0 spiro atoms. The maximum atomic E-state index is 12.1. The molecule has 0 amide bonds. The number of aliphatic carboxylic acids is 1. The number of aliphatic hydroxyl groups is 1. The Morgan fingerprint density at radius 1 is 1.29 bits per heavy atom. The van der Waals surface area contributed by atoms with Crippen LogP contribution in [0.2, 0.25) is 5.02 Å². The molecule has 1 aromatic heterocycles. The molecular formula is C27H31ClN2O4S. The molecule has 2 aromatic carbocycles. The van der Waals surface area contributed by atoms with Crippen molar-refractivity contribution in [3.05, 3.63) is 65.3 Å². The molecule has 0 saturated carbocycles. The predicted octanol–water partition coefficient (Wildman–Crippen LogP) is 5.53. The van der Waals surface area contributed by atoms with E-state index < -0.39 is 18.0 Å². The third kappa shape index (κ3) is 6.47. The highest BCUT2D eigenvalue weighted by Crippen LogP contribution is 2.37. The number of carboxylic acids is 1. The van der Waals surface area contributed by atoms with Crippen LogP contribution in [0.15, 0.2) is 59.6 Å². The molecule has 0 radical (unpaired) electrons. The van der Waals surface area contributed by atoms with Crippen LogP contribution in [0.5, 0.6) is 5.75 Å². The van der Waals surface area contributed by atoms with Gasteiger partial charge in [-0.3, -0.25) is 9.78 Å². The van der Waals surface area contributed by atoms with E-state index in [1.54, 1.807) is 25.1 Å². The largest absolute Gasteiger partial charge is 0.497 e. The van der Waals surface area contributed by atoms with Gasteiger partial charge in [0.1, 0.15) is 5.75 Å². The minimum Gasteiger partial charge on any atom is -0.497 e. The van der Waals surface area contributed by atoms with Crippen molar-refractivity contribution in [3.8, 4) is 5.75 Å². The number of likely N-dealkylation sites (tertiary alicyclic amines) is 1. The molecule has 186 valence electrons.